The van der Waals surface area contributed by atoms with Crippen molar-refractivity contribution in [3.8, 4) is 0 Å². The molecule has 1 saturated carbocycles. The van der Waals surface area contributed by atoms with Crippen LogP contribution < -0.4 is 5.32 Å². The fourth-order valence-electron chi connectivity index (χ4n) is 3.03. The van der Waals surface area contributed by atoms with Crippen molar-refractivity contribution in [2.24, 2.45) is 0 Å². The summed E-state index contributed by atoms with van der Waals surface area (Å²) in [4.78, 5) is 12.2. The van der Waals surface area contributed by atoms with Gasteiger partial charge in [-0.05, 0) is 39.5 Å². The molecular formula is C14H25NO3S. The highest BCUT2D eigenvalue weighted by Crippen LogP contribution is 2.39. The quantitative estimate of drug-likeness (QED) is 0.783. The van der Waals surface area contributed by atoms with Crippen LogP contribution in [0.5, 0.6) is 0 Å². The van der Waals surface area contributed by atoms with Crippen molar-refractivity contribution < 1.29 is 14.3 Å². The van der Waals surface area contributed by atoms with Gasteiger partial charge in [0.05, 0.1) is 25.6 Å². The molecular weight excluding hydrogens is 262 g/mol. The molecule has 19 heavy (non-hydrogen) atoms. The first-order valence-electron chi connectivity index (χ1n) is 7.15. The monoisotopic (exact) mass is 287 g/mol. The minimum atomic E-state index is -0.483. The predicted molar refractivity (Wildman–Crippen MR) is 77.5 cm³/mol. The van der Waals surface area contributed by atoms with E-state index in [1.54, 1.807) is 0 Å². The molecule has 5 heteroatoms. The van der Waals surface area contributed by atoms with Gasteiger partial charge in [0, 0.05) is 11.3 Å². The van der Waals surface area contributed by atoms with Gasteiger partial charge in [-0.1, -0.05) is 0 Å². The lowest BCUT2D eigenvalue weighted by atomic mass is 9.81. The Kier molecular flexibility index (Phi) is 5.15. The molecule has 1 heterocycles. The first-order valence-corrected chi connectivity index (χ1v) is 8.09. The van der Waals surface area contributed by atoms with Crippen LogP contribution in [0.25, 0.3) is 0 Å². The van der Waals surface area contributed by atoms with Gasteiger partial charge in [-0.2, -0.15) is 11.8 Å². The fourth-order valence-corrected chi connectivity index (χ4v) is 4.61. The number of esters is 1. The lowest BCUT2D eigenvalue weighted by molar-refractivity contribution is -0.150. The van der Waals surface area contributed by atoms with E-state index in [0.717, 1.165) is 32.5 Å². The number of carbonyl (C=O) groups is 1. The maximum Gasteiger partial charge on any atom is 0.326 e. The summed E-state index contributed by atoms with van der Waals surface area (Å²) < 4.78 is 10.3. The molecule has 0 spiro atoms. The molecule has 1 saturated heterocycles. The van der Waals surface area contributed by atoms with Gasteiger partial charge >= 0.3 is 5.97 Å². The minimum Gasteiger partial charge on any atom is -0.468 e. The normalized spacial score (nSPS) is 32.1. The van der Waals surface area contributed by atoms with Crippen molar-refractivity contribution in [1.29, 1.82) is 0 Å². The van der Waals surface area contributed by atoms with Crippen molar-refractivity contribution in [3.05, 3.63) is 0 Å². The molecule has 1 aliphatic heterocycles. The van der Waals surface area contributed by atoms with Crippen molar-refractivity contribution in [1.82, 2.24) is 5.32 Å². The molecule has 0 radical (unpaired) electrons. The second-order valence-corrected chi connectivity index (χ2v) is 7.49. The SMILES string of the molecule is COC(=O)C1(NC(C)C)CCCC(SC2COC2)C1. The highest BCUT2D eigenvalue weighted by Gasteiger charge is 2.44. The molecule has 1 N–H and O–H groups in total. The highest BCUT2D eigenvalue weighted by molar-refractivity contribution is 8.00. The van der Waals surface area contributed by atoms with Crippen LogP contribution >= 0.6 is 11.8 Å². The lowest BCUT2D eigenvalue weighted by Crippen LogP contribution is -2.58. The summed E-state index contributed by atoms with van der Waals surface area (Å²) in [6, 6.07) is 0.287. The van der Waals surface area contributed by atoms with Gasteiger partial charge in [0.2, 0.25) is 0 Å². The van der Waals surface area contributed by atoms with E-state index in [0.29, 0.717) is 10.5 Å². The molecule has 0 aromatic heterocycles. The Hall–Kier alpha value is -0.260. The minimum absolute atomic E-state index is 0.101. The number of ether oxygens (including phenoxy) is 2. The zero-order chi connectivity index (χ0) is 13.9. The Bertz CT molecular complexity index is 320. The largest absolute Gasteiger partial charge is 0.468 e. The van der Waals surface area contributed by atoms with Crippen LogP contribution in [0.3, 0.4) is 0 Å². The maximum atomic E-state index is 12.2. The molecule has 1 aliphatic carbocycles. The third-order valence-electron chi connectivity index (χ3n) is 3.84. The third-order valence-corrected chi connectivity index (χ3v) is 5.28. The molecule has 2 atom stereocenters. The smallest absolute Gasteiger partial charge is 0.326 e. The Balaban J connectivity index is 2.01. The van der Waals surface area contributed by atoms with E-state index in [1.807, 2.05) is 11.8 Å². The summed E-state index contributed by atoms with van der Waals surface area (Å²) in [5, 5.41) is 4.62. The van der Waals surface area contributed by atoms with Gasteiger partial charge in [0.25, 0.3) is 0 Å². The highest BCUT2D eigenvalue weighted by atomic mass is 32.2. The third kappa shape index (κ3) is 3.64. The molecule has 2 aliphatic rings. The van der Waals surface area contributed by atoms with Crippen molar-refractivity contribution in [3.63, 3.8) is 0 Å². The van der Waals surface area contributed by atoms with Gasteiger partial charge in [0.1, 0.15) is 5.54 Å². The van der Waals surface area contributed by atoms with Crippen LogP contribution in [0.15, 0.2) is 0 Å². The number of carbonyl (C=O) groups excluding carboxylic acids is 1. The summed E-state index contributed by atoms with van der Waals surface area (Å²) in [5.74, 6) is -0.101. The van der Waals surface area contributed by atoms with Crippen LogP contribution in [0, 0.1) is 0 Å². The summed E-state index contributed by atoms with van der Waals surface area (Å²) in [6.45, 7) is 5.90. The van der Waals surface area contributed by atoms with Crippen LogP contribution in [0.2, 0.25) is 0 Å². The van der Waals surface area contributed by atoms with Gasteiger partial charge in [-0.15, -0.1) is 0 Å². The Morgan fingerprint density at radius 3 is 2.68 bits per heavy atom. The number of hydrogen-bond acceptors (Lipinski definition) is 5. The molecule has 0 bridgehead atoms. The standard InChI is InChI=1S/C14H25NO3S/c1-10(2)15-14(13(16)17-3)6-4-5-11(7-14)19-12-8-18-9-12/h10-12,15H,4-9H2,1-3H3. The summed E-state index contributed by atoms with van der Waals surface area (Å²) in [6.07, 6.45) is 4.04. The molecule has 110 valence electrons. The second kappa shape index (κ2) is 6.46. The average molecular weight is 287 g/mol. The van der Waals surface area contributed by atoms with E-state index in [2.05, 4.69) is 19.2 Å². The molecule has 2 unspecified atom stereocenters. The first kappa shape index (κ1) is 15.1. The lowest BCUT2D eigenvalue weighted by Gasteiger charge is -2.42. The molecule has 2 fully saturated rings. The number of nitrogens with one attached hydrogen (secondary N) is 1. The van der Waals surface area contributed by atoms with Crippen molar-refractivity contribution >= 4 is 17.7 Å². The van der Waals surface area contributed by atoms with E-state index < -0.39 is 5.54 Å². The van der Waals surface area contributed by atoms with Gasteiger partial charge in [0.15, 0.2) is 0 Å². The Morgan fingerprint density at radius 1 is 1.42 bits per heavy atom. The van der Waals surface area contributed by atoms with Gasteiger partial charge in [-0.25, -0.2) is 0 Å². The van der Waals surface area contributed by atoms with E-state index in [1.165, 1.54) is 13.5 Å². The maximum absolute atomic E-state index is 12.2. The van der Waals surface area contributed by atoms with Crippen LogP contribution in [-0.4, -0.2) is 48.4 Å². The van der Waals surface area contributed by atoms with Gasteiger partial charge < -0.3 is 9.47 Å². The zero-order valence-corrected chi connectivity index (χ0v) is 12.9. The van der Waals surface area contributed by atoms with Crippen molar-refractivity contribution in [2.45, 2.75) is 61.6 Å². The van der Waals surface area contributed by atoms with Crippen LogP contribution in [-0.2, 0) is 14.3 Å². The second-order valence-electron chi connectivity index (χ2n) is 5.89. The molecule has 0 aromatic rings. The summed E-state index contributed by atoms with van der Waals surface area (Å²) in [5.41, 5.74) is -0.483. The van der Waals surface area contributed by atoms with E-state index in [-0.39, 0.29) is 12.0 Å². The van der Waals surface area contributed by atoms with Crippen molar-refractivity contribution in [2.75, 3.05) is 20.3 Å². The zero-order valence-electron chi connectivity index (χ0n) is 12.1. The topological polar surface area (TPSA) is 47.6 Å². The number of rotatable bonds is 5. The number of thioether (sulfide) groups is 1. The van der Waals surface area contributed by atoms with Crippen LogP contribution in [0.4, 0.5) is 0 Å². The van der Waals surface area contributed by atoms with E-state index in [4.69, 9.17) is 9.47 Å². The Labute approximate surface area is 120 Å². The van der Waals surface area contributed by atoms with Crippen LogP contribution in [0.1, 0.15) is 39.5 Å². The number of methoxy groups -OCH3 is 1. The van der Waals surface area contributed by atoms with E-state index >= 15 is 0 Å². The molecule has 0 amide bonds. The predicted octanol–water partition coefficient (Wildman–Crippen LogP) is 1.97. The summed E-state index contributed by atoms with van der Waals surface area (Å²) in [7, 11) is 1.49. The van der Waals surface area contributed by atoms with Gasteiger partial charge in [-0.3, -0.25) is 10.1 Å². The number of hydrogen-bond donors (Lipinski definition) is 1. The molecule has 2 rings (SSSR count). The first-order chi connectivity index (χ1) is 9.05. The fraction of sp³-hybridized carbons (Fsp3) is 0.929. The molecule has 4 nitrogen and oxygen atoms in total. The average Bonchev–Trinajstić information content (AvgIpc) is 2.32. The van der Waals surface area contributed by atoms with E-state index in [9.17, 15) is 4.79 Å². The molecule has 0 aromatic carbocycles. The summed E-state index contributed by atoms with van der Waals surface area (Å²) >= 11 is 1.99. The Morgan fingerprint density at radius 2 is 2.16 bits per heavy atom.